The number of furan rings is 1. The number of esters is 1. The summed E-state index contributed by atoms with van der Waals surface area (Å²) in [4.78, 5) is 12.4. The first-order valence-corrected chi connectivity index (χ1v) is 10.9. The van der Waals surface area contributed by atoms with Gasteiger partial charge in [-0.15, -0.1) is 0 Å². The number of rotatable bonds is 6. The van der Waals surface area contributed by atoms with Crippen molar-refractivity contribution in [2.75, 3.05) is 6.61 Å². The van der Waals surface area contributed by atoms with Crippen LogP contribution >= 0.6 is 0 Å². The summed E-state index contributed by atoms with van der Waals surface area (Å²) >= 11 is 0. The Morgan fingerprint density at radius 2 is 2.17 bits per heavy atom. The molecular formula is C25H36O4. The molecule has 0 aromatic carbocycles. The van der Waals surface area contributed by atoms with Crippen LogP contribution in [0.1, 0.15) is 65.4 Å². The van der Waals surface area contributed by atoms with Crippen molar-refractivity contribution in [3.05, 3.63) is 48.0 Å². The zero-order valence-electron chi connectivity index (χ0n) is 18.4. The molecule has 1 heterocycles. The normalized spacial score (nSPS) is 35.3. The van der Waals surface area contributed by atoms with E-state index in [1.807, 2.05) is 19.3 Å². The highest BCUT2D eigenvalue weighted by molar-refractivity contribution is 5.87. The third kappa shape index (κ3) is 3.96. The Hall–Kier alpha value is -1.81. The van der Waals surface area contributed by atoms with Gasteiger partial charge in [0.25, 0.3) is 0 Å². The number of aliphatic hydroxyl groups is 1. The van der Waals surface area contributed by atoms with Crippen LogP contribution in [-0.4, -0.2) is 23.8 Å². The predicted octanol–water partition coefficient (Wildman–Crippen LogP) is 5.47. The molecule has 1 N–H and O–H groups in total. The number of carbonyl (C=O) groups excluding carboxylic acids is 1. The molecule has 29 heavy (non-hydrogen) atoms. The highest BCUT2D eigenvalue weighted by Crippen LogP contribution is 2.62. The lowest BCUT2D eigenvalue weighted by Crippen LogP contribution is -2.58. The fraction of sp³-hybridized carbons (Fsp3) is 0.640. The maximum Gasteiger partial charge on any atom is 0.333 e. The van der Waals surface area contributed by atoms with Crippen LogP contribution in [0.4, 0.5) is 0 Å². The first kappa shape index (κ1) is 21.9. The highest BCUT2D eigenvalue weighted by atomic mass is 16.5. The zero-order valence-corrected chi connectivity index (χ0v) is 18.4. The maximum absolute atomic E-state index is 12.4. The maximum atomic E-state index is 12.4. The van der Waals surface area contributed by atoms with Gasteiger partial charge in [0.2, 0.25) is 0 Å². The first-order valence-electron chi connectivity index (χ1n) is 10.9. The first-order chi connectivity index (χ1) is 13.8. The Morgan fingerprint density at radius 1 is 1.41 bits per heavy atom. The summed E-state index contributed by atoms with van der Waals surface area (Å²) in [5.74, 6) is 0.422. The van der Waals surface area contributed by atoms with Gasteiger partial charge in [-0.25, -0.2) is 4.79 Å². The van der Waals surface area contributed by atoms with Crippen molar-refractivity contribution >= 4 is 5.97 Å². The van der Waals surface area contributed by atoms with Gasteiger partial charge in [-0.05, 0) is 81.3 Å². The molecule has 1 aromatic heterocycles. The van der Waals surface area contributed by atoms with Gasteiger partial charge in [0.05, 0.1) is 19.1 Å². The molecule has 0 radical (unpaired) electrons. The van der Waals surface area contributed by atoms with Crippen LogP contribution in [0.3, 0.4) is 0 Å². The zero-order chi connectivity index (χ0) is 21.2. The summed E-state index contributed by atoms with van der Waals surface area (Å²) < 4.78 is 11.2. The highest BCUT2D eigenvalue weighted by Gasteiger charge is 2.58. The Morgan fingerprint density at radius 3 is 2.79 bits per heavy atom. The van der Waals surface area contributed by atoms with E-state index in [4.69, 9.17) is 9.15 Å². The quantitative estimate of drug-likeness (QED) is 0.391. The number of aliphatic hydroxyl groups excluding tert-OH is 1. The average molecular weight is 401 g/mol. The molecule has 0 saturated heterocycles. The van der Waals surface area contributed by atoms with Crippen molar-refractivity contribution in [3.8, 4) is 0 Å². The summed E-state index contributed by atoms with van der Waals surface area (Å²) in [7, 11) is 0. The molecule has 0 amide bonds. The van der Waals surface area contributed by atoms with E-state index in [2.05, 4.69) is 20.4 Å². The molecule has 0 bridgehead atoms. The van der Waals surface area contributed by atoms with Crippen LogP contribution < -0.4 is 0 Å². The number of hydrogen-bond donors (Lipinski definition) is 1. The van der Waals surface area contributed by atoms with Gasteiger partial charge in [0.1, 0.15) is 6.10 Å². The molecular weight excluding hydrogens is 364 g/mol. The molecule has 5 atom stereocenters. The van der Waals surface area contributed by atoms with Crippen LogP contribution in [0.25, 0.3) is 0 Å². The van der Waals surface area contributed by atoms with E-state index >= 15 is 0 Å². The molecule has 2 fully saturated rings. The van der Waals surface area contributed by atoms with Gasteiger partial charge >= 0.3 is 5.97 Å². The largest absolute Gasteiger partial charge is 0.472 e. The SMILES string of the molecule is C=C1CC[C@H]2[C@](C)(CC[C@@H](OC(=O)/C(C)=C/C)[C@]2(C)CO)[C@@H]1CCc1ccoc1. The molecule has 160 valence electrons. The molecule has 4 nitrogen and oxygen atoms in total. The lowest BCUT2D eigenvalue weighted by atomic mass is 9.46. The molecule has 2 aliphatic rings. The van der Waals surface area contributed by atoms with Gasteiger partial charge in [0, 0.05) is 11.0 Å². The van der Waals surface area contributed by atoms with Gasteiger partial charge < -0.3 is 14.3 Å². The number of hydrogen-bond acceptors (Lipinski definition) is 4. The molecule has 0 aliphatic heterocycles. The van der Waals surface area contributed by atoms with E-state index in [9.17, 15) is 9.90 Å². The molecule has 2 aliphatic carbocycles. The standard InChI is InChI=1S/C25H36O4/c1-6-17(2)23(27)29-22-11-13-24(4)20(9-8-19-12-14-28-15-19)18(3)7-10-21(24)25(22,5)16-26/h6,12,14-15,20-22,26H,3,7-11,13,16H2,1-2,4-5H3/b17-6+/t20-,21+,22-,24-,25-/m1/s1. The minimum absolute atomic E-state index is 0.0288. The van der Waals surface area contributed by atoms with Crippen LogP contribution in [-0.2, 0) is 16.0 Å². The van der Waals surface area contributed by atoms with Crippen LogP contribution in [0.5, 0.6) is 0 Å². The minimum atomic E-state index is -0.439. The van der Waals surface area contributed by atoms with Crippen LogP contribution in [0.15, 0.2) is 46.8 Å². The number of ether oxygens (including phenoxy) is 1. The van der Waals surface area contributed by atoms with Crippen molar-refractivity contribution < 1.29 is 19.1 Å². The van der Waals surface area contributed by atoms with Gasteiger partial charge in [0.15, 0.2) is 0 Å². The monoisotopic (exact) mass is 400 g/mol. The van der Waals surface area contributed by atoms with Gasteiger partial charge in [-0.1, -0.05) is 32.1 Å². The molecule has 3 rings (SSSR count). The van der Waals surface area contributed by atoms with E-state index in [1.165, 1.54) is 11.1 Å². The van der Waals surface area contributed by atoms with E-state index < -0.39 is 5.41 Å². The van der Waals surface area contributed by atoms with Crippen molar-refractivity contribution in [1.82, 2.24) is 0 Å². The Bertz CT molecular complexity index is 762. The summed E-state index contributed by atoms with van der Waals surface area (Å²) in [5.41, 5.74) is 2.78. The Balaban J connectivity index is 1.84. The van der Waals surface area contributed by atoms with Crippen LogP contribution in [0, 0.1) is 22.7 Å². The number of carbonyl (C=O) groups is 1. The molecule has 4 heteroatoms. The second kappa shape index (κ2) is 8.51. The van der Waals surface area contributed by atoms with Crippen LogP contribution in [0.2, 0.25) is 0 Å². The summed E-state index contributed by atoms with van der Waals surface area (Å²) in [6, 6.07) is 2.03. The lowest BCUT2D eigenvalue weighted by molar-refractivity contribution is -0.184. The topological polar surface area (TPSA) is 59.7 Å². The van der Waals surface area contributed by atoms with E-state index in [0.29, 0.717) is 11.5 Å². The minimum Gasteiger partial charge on any atom is -0.472 e. The Kier molecular flexibility index (Phi) is 6.42. The predicted molar refractivity (Wildman–Crippen MR) is 114 cm³/mol. The molecule has 0 spiro atoms. The van der Waals surface area contributed by atoms with Crippen molar-refractivity contribution in [1.29, 1.82) is 0 Å². The smallest absolute Gasteiger partial charge is 0.333 e. The second-order valence-electron chi connectivity index (χ2n) is 9.55. The number of aryl methyl sites for hydroxylation is 1. The number of allylic oxidation sites excluding steroid dienone is 2. The molecule has 0 unspecified atom stereocenters. The summed E-state index contributed by atoms with van der Waals surface area (Å²) in [6.07, 6.45) is 10.8. The average Bonchev–Trinajstić information content (AvgIpc) is 3.22. The third-order valence-electron chi connectivity index (χ3n) is 7.96. The van der Waals surface area contributed by atoms with E-state index in [-0.39, 0.29) is 30.0 Å². The second-order valence-corrected chi connectivity index (χ2v) is 9.55. The molecule has 2 saturated carbocycles. The summed E-state index contributed by atoms with van der Waals surface area (Å²) in [5, 5.41) is 10.5. The van der Waals surface area contributed by atoms with Gasteiger partial charge in [-0.3, -0.25) is 0 Å². The van der Waals surface area contributed by atoms with Crippen molar-refractivity contribution in [3.63, 3.8) is 0 Å². The van der Waals surface area contributed by atoms with E-state index in [1.54, 1.807) is 19.3 Å². The lowest BCUT2D eigenvalue weighted by Gasteiger charge is -2.60. The Labute approximate surface area is 175 Å². The number of fused-ring (bicyclic) bond motifs is 1. The van der Waals surface area contributed by atoms with Crippen molar-refractivity contribution in [2.24, 2.45) is 22.7 Å². The fourth-order valence-corrected chi connectivity index (χ4v) is 6.00. The van der Waals surface area contributed by atoms with Gasteiger partial charge in [-0.2, -0.15) is 0 Å². The molecule has 1 aromatic rings. The fourth-order valence-electron chi connectivity index (χ4n) is 6.00. The summed E-state index contributed by atoms with van der Waals surface area (Å²) in [6.45, 7) is 12.6. The van der Waals surface area contributed by atoms with Crippen molar-refractivity contribution in [2.45, 2.75) is 72.3 Å². The third-order valence-corrected chi connectivity index (χ3v) is 7.96. The van der Waals surface area contributed by atoms with E-state index in [0.717, 1.165) is 38.5 Å².